The van der Waals surface area contributed by atoms with Crippen molar-refractivity contribution in [3.05, 3.63) is 29.8 Å². The molecule has 1 aromatic rings. The number of benzene rings is 1. The minimum Gasteiger partial charge on any atom is -0.378 e. The van der Waals surface area contributed by atoms with Crippen LogP contribution in [0.15, 0.2) is 24.3 Å². The third-order valence-corrected chi connectivity index (χ3v) is 3.47. The van der Waals surface area contributed by atoms with Gasteiger partial charge in [0.15, 0.2) is 0 Å². The number of rotatable bonds is 6. The van der Waals surface area contributed by atoms with Gasteiger partial charge < -0.3 is 20.7 Å². The SMILES string of the molecule is CC(CC(N)=O)NCc1ccc(N2CCOCC2)cc1. The number of amides is 1. The number of nitrogens with zero attached hydrogens (tertiary/aromatic N) is 1. The quantitative estimate of drug-likeness (QED) is 0.810. The van der Waals surface area contributed by atoms with Crippen LogP contribution in [-0.4, -0.2) is 38.3 Å². The minimum atomic E-state index is -0.271. The fourth-order valence-electron chi connectivity index (χ4n) is 2.31. The Hall–Kier alpha value is -1.59. The van der Waals surface area contributed by atoms with Crippen molar-refractivity contribution in [2.45, 2.75) is 25.9 Å². The lowest BCUT2D eigenvalue weighted by Crippen LogP contribution is -2.36. The minimum absolute atomic E-state index is 0.103. The maximum atomic E-state index is 10.8. The summed E-state index contributed by atoms with van der Waals surface area (Å²) in [5.41, 5.74) is 7.62. The third kappa shape index (κ3) is 4.51. The molecule has 20 heavy (non-hydrogen) atoms. The topological polar surface area (TPSA) is 67.6 Å². The van der Waals surface area contributed by atoms with Crippen molar-refractivity contribution in [1.29, 1.82) is 0 Å². The number of hydrogen-bond acceptors (Lipinski definition) is 4. The number of carbonyl (C=O) groups is 1. The molecule has 1 unspecified atom stereocenters. The molecule has 1 fully saturated rings. The number of nitrogens with two attached hydrogens (primary N) is 1. The Morgan fingerprint density at radius 2 is 2.00 bits per heavy atom. The summed E-state index contributed by atoms with van der Waals surface area (Å²) in [6.45, 7) is 6.22. The van der Waals surface area contributed by atoms with Crippen LogP contribution in [0.4, 0.5) is 5.69 Å². The lowest BCUT2D eigenvalue weighted by molar-refractivity contribution is -0.118. The molecule has 5 heteroatoms. The van der Waals surface area contributed by atoms with Crippen LogP contribution < -0.4 is 16.0 Å². The van der Waals surface area contributed by atoms with Gasteiger partial charge in [0.05, 0.1) is 13.2 Å². The third-order valence-electron chi connectivity index (χ3n) is 3.47. The number of morpholine rings is 1. The average molecular weight is 277 g/mol. The first kappa shape index (κ1) is 14.8. The first-order valence-electron chi connectivity index (χ1n) is 7.08. The highest BCUT2D eigenvalue weighted by Gasteiger charge is 2.11. The molecule has 1 atom stereocenters. The van der Waals surface area contributed by atoms with Gasteiger partial charge in [-0.25, -0.2) is 0 Å². The van der Waals surface area contributed by atoms with Gasteiger partial charge in [-0.1, -0.05) is 12.1 Å². The van der Waals surface area contributed by atoms with E-state index in [-0.39, 0.29) is 11.9 Å². The van der Waals surface area contributed by atoms with E-state index in [9.17, 15) is 4.79 Å². The monoisotopic (exact) mass is 277 g/mol. The molecular formula is C15H23N3O2. The van der Waals surface area contributed by atoms with Crippen molar-refractivity contribution in [3.8, 4) is 0 Å². The number of carbonyl (C=O) groups excluding carboxylic acids is 1. The summed E-state index contributed by atoms with van der Waals surface area (Å²) in [6.07, 6.45) is 0.367. The smallest absolute Gasteiger partial charge is 0.218 e. The van der Waals surface area contributed by atoms with E-state index in [1.54, 1.807) is 0 Å². The molecule has 1 saturated heterocycles. The molecule has 1 aliphatic heterocycles. The lowest BCUT2D eigenvalue weighted by Gasteiger charge is -2.29. The fourth-order valence-corrected chi connectivity index (χ4v) is 2.31. The Labute approximate surface area is 120 Å². The lowest BCUT2D eigenvalue weighted by atomic mass is 10.1. The summed E-state index contributed by atoms with van der Waals surface area (Å²) in [6, 6.07) is 8.62. The highest BCUT2D eigenvalue weighted by Crippen LogP contribution is 2.16. The zero-order chi connectivity index (χ0) is 14.4. The van der Waals surface area contributed by atoms with Gasteiger partial charge in [-0.05, 0) is 24.6 Å². The van der Waals surface area contributed by atoms with E-state index in [1.165, 1.54) is 11.3 Å². The van der Waals surface area contributed by atoms with Gasteiger partial charge >= 0.3 is 0 Å². The summed E-state index contributed by atoms with van der Waals surface area (Å²) in [5.74, 6) is -0.271. The van der Waals surface area contributed by atoms with Crippen molar-refractivity contribution in [2.24, 2.45) is 5.73 Å². The standard InChI is InChI=1S/C15H23N3O2/c1-12(10-15(16)19)17-11-13-2-4-14(5-3-13)18-6-8-20-9-7-18/h2-5,12,17H,6-11H2,1H3,(H2,16,19). The van der Waals surface area contributed by atoms with Crippen molar-refractivity contribution >= 4 is 11.6 Å². The van der Waals surface area contributed by atoms with Crippen molar-refractivity contribution in [1.82, 2.24) is 5.32 Å². The van der Waals surface area contributed by atoms with Crippen LogP contribution >= 0.6 is 0 Å². The van der Waals surface area contributed by atoms with Crippen LogP contribution in [-0.2, 0) is 16.1 Å². The van der Waals surface area contributed by atoms with Gasteiger partial charge in [0.2, 0.25) is 5.91 Å². The van der Waals surface area contributed by atoms with Gasteiger partial charge in [-0.2, -0.15) is 0 Å². The van der Waals surface area contributed by atoms with Crippen LogP contribution in [0.3, 0.4) is 0 Å². The van der Waals surface area contributed by atoms with E-state index < -0.39 is 0 Å². The van der Waals surface area contributed by atoms with Gasteiger partial charge in [-0.15, -0.1) is 0 Å². The molecule has 1 aliphatic rings. The zero-order valence-electron chi connectivity index (χ0n) is 12.0. The van der Waals surface area contributed by atoms with Crippen LogP contribution in [0.5, 0.6) is 0 Å². The second kappa shape index (κ2) is 7.26. The summed E-state index contributed by atoms with van der Waals surface area (Å²) in [4.78, 5) is 13.1. The molecule has 0 aliphatic carbocycles. The molecule has 2 rings (SSSR count). The highest BCUT2D eigenvalue weighted by molar-refractivity contribution is 5.74. The van der Waals surface area contributed by atoms with Gasteiger partial charge in [0.1, 0.15) is 0 Å². The van der Waals surface area contributed by atoms with Gasteiger partial charge in [0.25, 0.3) is 0 Å². The predicted molar refractivity (Wildman–Crippen MR) is 79.6 cm³/mol. The molecule has 3 N–H and O–H groups in total. The van der Waals surface area contributed by atoms with Crippen molar-refractivity contribution < 1.29 is 9.53 Å². The summed E-state index contributed by atoms with van der Waals surface area (Å²) >= 11 is 0. The molecule has 0 radical (unpaired) electrons. The fraction of sp³-hybridized carbons (Fsp3) is 0.533. The molecule has 1 aromatic carbocycles. The van der Waals surface area contributed by atoms with Crippen LogP contribution in [0.25, 0.3) is 0 Å². The molecule has 5 nitrogen and oxygen atoms in total. The van der Waals surface area contributed by atoms with E-state index in [0.717, 1.165) is 32.8 Å². The normalized spacial score (nSPS) is 16.9. The molecule has 1 heterocycles. The molecule has 0 aromatic heterocycles. The molecule has 0 spiro atoms. The number of ether oxygens (including phenoxy) is 1. The second-order valence-electron chi connectivity index (χ2n) is 5.22. The summed E-state index contributed by atoms with van der Waals surface area (Å²) in [5, 5.41) is 3.29. The van der Waals surface area contributed by atoms with E-state index >= 15 is 0 Å². The number of primary amides is 1. The molecule has 1 amide bonds. The van der Waals surface area contributed by atoms with Crippen LogP contribution in [0, 0.1) is 0 Å². The Bertz CT molecular complexity index is 427. The Morgan fingerprint density at radius 3 is 2.60 bits per heavy atom. The maximum Gasteiger partial charge on any atom is 0.218 e. The average Bonchev–Trinajstić information content (AvgIpc) is 2.46. The number of nitrogens with one attached hydrogen (secondary N) is 1. The Kier molecular flexibility index (Phi) is 5.38. The maximum absolute atomic E-state index is 10.8. The number of hydrogen-bond donors (Lipinski definition) is 2. The van der Waals surface area contributed by atoms with Crippen LogP contribution in [0.2, 0.25) is 0 Å². The molecule has 110 valence electrons. The highest BCUT2D eigenvalue weighted by atomic mass is 16.5. The molecular weight excluding hydrogens is 254 g/mol. The summed E-state index contributed by atoms with van der Waals surface area (Å²) in [7, 11) is 0. The predicted octanol–water partition coefficient (Wildman–Crippen LogP) is 0.877. The molecule has 0 saturated carbocycles. The Morgan fingerprint density at radius 1 is 1.35 bits per heavy atom. The summed E-state index contributed by atoms with van der Waals surface area (Å²) < 4.78 is 5.35. The van der Waals surface area contributed by atoms with Gasteiger partial charge in [0, 0.05) is 37.8 Å². The first-order valence-corrected chi connectivity index (χ1v) is 7.08. The van der Waals surface area contributed by atoms with E-state index in [4.69, 9.17) is 10.5 Å². The van der Waals surface area contributed by atoms with E-state index in [2.05, 4.69) is 34.5 Å². The van der Waals surface area contributed by atoms with E-state index in [0.29, 0.717) is 6.42 Å². The van der Waals surface area contributed by atoms with E-state index in [1.807, 2.05) is 6.92 Å². The largest absolute Gasteiger partial charge is 0.378 e. The Balaban J connectivity index is 1.83. The van der Waals surface area contributed by atoms with Crippen molar-refractivity contribution in [3.63, 3.8) is 0 Å². The molecule has 0 bridgehead atoms. The number of anilines is 1. The zero-order valence-corrected chi connectivity index (χ0v) is 12.0. The second-order valence-corrected chi connectivity index (χ2v) is 5.22. The van der Waals surface area contributed by atoms with Crippen molar-refractivity contribution in [2.75, 3.05) is 31.2 Å². The first-order chi connectivity index (χ1) is 9.65. The van der Waals surface area contributed by atoms with Gasteiger partial charge in [-0.3, -0.25) is 4.79 Å². The van der Waals surface area contributed by atoms with Crippen LogP contribution in [0.1, 0.15) is 18.9 Å².